The molecule has 0 saturated heterocycles. The van der Waals surface area contributed by atoms with Crippen LogP contribution in [0.5, 0.6) is 0 Å². The molecule has 0 radical (unpaired) electrons. The number of nitrogens with zero attached hydrogens (tertiary/aromatic N) is 1. The lowest BCUT2D eigenvalue weighted by Crippen LogP contribution is -2.25. The van der Waals surface area contributed by atoms with E-state index in [9.17, 15) is 9.59 Å². The van der Waals surface area contributed by atoms with Gasteiger partial charge in [0.05, 0.1) is 5.56 Å². The van der Waals surface area contributed by atoms with Crippen LogP contribution in [0.25, 0.3) is 0 Å². The van der Waals surface area contributed by atoms with Crippen molar-refractivity contribution in [2.75, 3.05) is 5.32 Å². The van der Waals surface area contributed by atoms with Crippen LogP contribution in [0.4, 0.5) is 5.00 Å². The molecule has 5 nitrogen and oxygen atoms in total. The molecule has 2 aromatic rings. The minimum atomic E-state index is -0.108. The fourth-order valence-electron chi connectivity index (χ4n) is 3.08. The van der Waals surface area contributed by atoms with Crippen LogP contribution in [0.1, 0.15) is 59.0 Å². The Bertz CT molecular complexity index is 756. The summed E-state index contributed by atoms with van der Waals surface area (Å²) in [6, 6.07) is 3.76. The second-order valence-corrected chi connectivity index (χ2v) is 7.36. The van der Waals surface area contributed by atoms with E-state index in [1.165, 1.54) is 4.88 Å². The highest BCUT2D eigenvalue weighted by Crippen LogP contribution is 2.38. The molecular formula is C19H23N3O2S. The number of aromatic nitrogens is 1. The fourth-order valence-corrected chi connectivity index (χ4v) is 4.38. The Morgan fingerprint density at radius 2 is 1.96 bits per heavy atom. The standard InChI is InChI=1S/C19H23N3O2S/c1-2-5-16(23)22-19-17(14-6-3-4-7-15(14)25-19)18(24)21-12-13-8-10-20-11-9-13/h8-11H,2-7,12H2,1H3,(H,21,24)(H,22,23). The molecule has 132 valence electrons. The van der Waals surface area contributed by atoms with Crippen LogP contribution in [0.3, 0.4) is 0 Å². The average molecular weight is 357 g/mol. The number of thiophene rings is 1. The van der Waals surface area contributed by atoms with Gasteiger partial charge in [-0.05, 0) is 55.4 Å². The van der Waals surface area contributed by atoms with Gasteiger partial charge < -0.3 is 10.6 Å². The van der Waals surface area contributed by atoms with Crippen molar-refractivity contribution >= 4 is 28.2 Å². The SMILES string of the molecule is CCCC(=O)Nc1sc2c(c1C(=O)NCc1ccncc1)CCCC2. The molecule has 1 aliphatic rings. The molecule has 3 rings (SSSR count). The van der Waals surface area contributed by atoms with Gasteiger partial charge in [0.15, 0.2) is 0 Å². The van der Waals surface area contributed by atoms with Gasteiger partial charge >= 0.3 is 0 Å². The van der Waals surface area contributed by atoms with Gasteiger partial charge in [-0.15, -0.1) is 11.3 Å². The number of hydrogen-bond acceptors (Lipinski definition) is 4. The molecule has 1 aliphatic carbocycles. The van der Waals surface area contributed by atoms with Crippen molar-refractivity contribution in [2.24, 2.45) is 0 Å². The van der Waals surface area contributed by atoms with Gasteiger partial charge in [-0.2, -0.15) is 0 Å². The zero-order chi connectivity index (χ0) is 17.6. The monoisotopic (exact) mass is 357 g/mol. The molecule has 2 amide bonds. The molecule has 0 saturated carbocycles. The number of carbonyl (C=O) groups excluding carboxylic acids is 2. The van der Waals surface area contributed by atoms with Crippen molar-refractivity contribution in [1.29, 1.82) is 0 Å². The van der Waals surface area contributed by atoms with E-state index in [1.807, 2.05) is 19.1 Å². The molecule has 0 unspecified atom stereocenters. The lowest BCUT2D eigenvalue weighted by molar-refractivity contribution is -0.116. The smallest absolute Gasteiger partial charge is 0.254 e. The Hall–Kier alpha value is -2.21. The van der Waals surface area contributed by atoms with E-state index in [2.05, 4.69) is 15.6 Å². The third-order valence-corrected chi connectivity index (χ3v) is 5.54. The molecule has 0 bridgehead atoms. The summed E-state index contributed by atoms with van der Waals surface area (Å²) in [4.78, 5) is 30.1. The first-order chi connectivity index (χ1) is 12.2. The molecular weight excluding hydrogens is 334 g/mol. The van der Waals surface area contributed by atoms with E-state index in [4.69, 9.17) is 0 Å². The van der Waals surface area contributed by atoms with E-state index in [0.29, 0.717) is 23.5 Å². The lowest BCUT2D eigenvalue weighted by atomic mass is 9.95. The summed E-state index contributed by atoms with van der Waals surface area (Å²) >= 11 is 1.56. The van der Waals surface area contributed by atoms with Crippen LogP contribution in [0.15, 0.2) is 24.5 Å². The first kappa shape index (κ1) is 17.6. The van der Waals surface area contributed by atoms with Crippen LogP contribution in [-0.2, 0) is 24.2 Å². The number of anilines is 1. The summed E-state index contributed by atoms with van der Waals surface area (Å²) in [5, 5.41) is 6.65. The van der Waals surface area contributed by atoms with Crippen LogP contribution in [-0.4, -0.2) is 16.8 Å². The third kappa shape index (κ3) is 4.25. The van der Waals surface area contributed by atoms with Crippen LogP contribution >= 0.6 is 11.3 Å². The molecule has 2 N–H and O–H groups in total. The highest BCUT2D eigenvalue weighted by molar-refractivity contribution is 7.17. The molecule has 0 spiro atoms. The number of pyridine rings is 1. The predicted molar refractivity (Wildman–Crippen MR) is 99.9 cm³/mol. The largest absolute Gasteiger partial charge is 0.348 e. The number of nitrogens with one attached hydrogen (secondary N) is 2. The van der Waals surface area contributed by atoms with Crippen molar-refractivity contribution in [1.82, 2.24) is 10.3 Å². The van der Waals surface area contributed by atoms with Gasteiger partial charge in [-0.25, -0.2) is 0 Å². The van der Waals surface area contributed by atoms with Crippen LogP contribution in [0, 0.1) is 0 Å². The quantitative estimate of drug-likeness (QED) is 0.828. The molecule has 0 aromatic carbocycles. The maximum Gasteiger partial charge on any atom is 0.254 e. The minimum absolute atomic E-state index is 0.0238. The maximum atomic E-state index is 12.8. The molecule has 25 heavy (non-hydrogen) atoms. The number of aryl methyl sites for hydroxylation is 1. The first-order valence-corrected chi connectivity index (χ1v) is 9.62. The third-order valence-electron chi connectivity index (χ3n) is 4.33. The van der Waals surface area contributed by atoms with E-state index in [1.54, 1.807) is 23.7 Å². The average Bonchev–Trinajstić information content (AvgIpc) is 2.98. The number of rotatable bonds is 6. The second-order valence-electron chi connectivity index (χ2n) is 6.25. The minimum Gasteiger partial charge on any atom is -0.348 e. The Kier molecular flexibility index (Phi) is 5.81. The lowest BCUT2D eigenvalue weighted by Gasteiger charge is -2.13. The molecule has 0 atom stereocenters. The Morgan fingerprint density at radius 1 is 1.20 bits per heavy atom. The summed E-state index contributed by atoms with van der Waals surface area (Å²) in [7, 11) is 0. The van der Waals surface area contributed by atoms with E-state index in [0.717, 1.165) is 43.2 Å². The van der Waals surface area contributed by atoms with Gasteiger partial charge in [0.1, 0.15) is 5.00 Å². The molecule has 6 heteroatoms. The van der Waals surface area contributed by atoms with Gasteiger partial charge in [0.25, 0.3) is 5.91 Å². The van der Waals surface area contributed by atoms with Gasteiger partial charge in [-0.1, -0.05) is 6.92 Å². The van der Waals surface area contributed by atoms with Crippen molar-refractivity contribution in [3.63, 3.8) is 0 Å². The van der Waals surface area contributed by atoms with Crippen molar-refractivity contribution < 1.29 is 9.59 Å². The van der Waals surface area contributed by atoms with Crippen LogP contribution < -0.4 is 10.6 Å². The Balaban J connectivity index is 1.81. The van der Waals surface area contributed by atoms with Gasteiger partial charge in [0.2, 0.25) is 5.91 Å². The first-order valence-electron chi connectivity index (χ1n) is 8.80. The summed E-state index contributed by atoms with van der Waals surface area (Å²) in [6.07, 6.45) is 8.84. The van der Waals surface area contributed by atoms with Crippen molar-refractivity contribution in [3.8, 4) is 0 Å². The highest BCUT2D eigenvalue weighted by atomic mass is 32.1. The molecule has 2 heterocycles. The second kappa shape index (κ2) is 8.25. The molecule has 0 fully saturated rings. The normalized spacial score (nSPS) is 13.2. The van der Waals surface area contributed by atoms with E-state index in [-0.39, 0.29) is 11.8 Å². The zero-order valence-corrected chi connectivity index (χ0v) is 15.2. The van der Waals surface area contributed by atoms with Gasteiger partial charge in [0, 0.05) is 30.2 Å². The summed E-state index contributed by atoms with van der Waals surface area (Å²) in [5.41, 5.74) is 2.79. The van der Waals surface area contributed by atoms with E-state index >= 15 is 0 Å². The highest BCUT2D eigenvalue weighted by Gasteiger charge is 2.26. The molecule has 0 aliphatic heterocycles. The zero-order valence-electron chi connectivity index (χ0n) is 14.4. The fraction of sp³-hybridized carbons (Fsp3) is 0.421. The van der Waals surface area contributed by atoms with Crippen molar-refractivity contribution in [3.05, 3.63) is 46.1 Å². The predicted octanol–water partition coefficient (Wildman–Crippen LogP) is 3.69. The maximum absolute atomic E-state index is 12.8. The number of hydrogen-bond donors (Lipinski definition) is 2. The molecule has 2 aromatic heterocycles. The Morgan fingerprint density at radius 3 is 2.72 bits per heavy atom. The summed E-state index contributed by atoms with van der Waals surface area (Å²) in [6.45, 7) is 2.43. The van der Waals surface area contributed by atoms with Crippen molar-refractivity contribution in [2.45, 2.75) is 52.0 Å². The summed E-state index contributed by atoms with van der Waals surface area (Å²) in [5.74, 6) is -0.132. The number of fused-ring (bicyclic) bond motifs is 1. The Labute approximate surface area is 151 Å². The van der Waals surface area contributed by atoms with Gasteiger partial charge in [-0.3, -0.25) is 14.6 Å². The number of carbonyl (C=O) groups is 2. The van der Waals surface area contributed by atoms with E-state index < -0.39 is 0 Å². The summed E-state index contributed by atoms with van der Waals surface area (Å²) < 4.78 is 0. The topological polar surface area (TPSA) is 71.1 Å². The van der Waals surface area contributed by atoms with Crippen LogP contribution in [0.2, 0.25) is 0 Å². The number of amides is 2.